The van der Waals surface area contributed by atoms with Gasteiger partial charge in [0.25, 0.3) is 5.91 Å². The Balaban J connectivity index is 2.25. The maximum atomic E-state index is 12.6. The van der Waals surface area contributed by atoms with Crippen molar-refractivity contribution in [1.29, 1.82) is 0 Å². The highest BCUT2D eigenvalue weighted by Crippen LogP contribution is 2.38. The van der Waals surface area contributed by atoms with Crippen LogP contribution in [0.25, 0.3) is 0 Å². The van der Waals surface area contributed by atoms with E-state index in [0.29, 0.717) is 22.8 Å². The number of carbonyl (C=O) groups is 1. The van der Waals surface area contributed by atoms with Gasteiger partial charge in [-0.2, -0.15) is 0 Å². The van der Waals surface area contributed by atoms with E-state index in [4.69, 9.17) is 18.9 Å². The molecule has 1 N–H and O–H groups in total. The predicted molar refractivity (Wildman–Crippen MR) is 95.0 cm³/mol. The van der Waals surface area contributed by atoms with Gasteiger partial charge in [0.05, 0.1) is 34.5 Å². The van der Waals surface area contributed by atoms with Crippen molar-refractivity contribution in [2.75, 3.05) is 28.4 Å². The highest BCUT2D eigenvalue weighted by molar-refractivity contribution is 5.95. The Hall–Kier alpha value is -2.89. The second-order valence-electron chi connectivity index (χ2n) is 5.39. The molecule has 1 atom stereocenters. The molecule has 2 rings (SSSR count). The molecule has 0 aliphatic carbocycles. The van der Waals surface area contributed by atoms with E-state index in [2.05, 4.69) is 5.32 Å². The molecule has 0 bridgehead atoms. The topological polar surface area (TPSA) is 66.0 Å². The van der Waals surface area contributed by atoms with E-state index in [-0.39, 0.29) is 11.9 Å². The molecule has 6 heteroatoms. The summed E-state index contributed by atoms with van der Waals surface area (Å²) in [6.07, 6.45) is 0. The fourth-order valence-electron chi connectivity index (χ4n) is 2.49. The Kier molecular flexibility index (Phi) is 6.11. The molecule has 134 valence electrons. The van der Waals surface area contributed by atoms with Crippen molar-refractivity contribution in [3.63, 3.8) is 0 Å². The summed E-state index contributed by atoms with van der Waals surface area (Å²) >= 11 is 0. The van der Waals surface area contributed by atoms with Crippen LogP contribution in [0.3, 0.4) is 0 Å². The summed E-state index contributed by atoms with van der Waals surface area (Å²) in [6, 6.07) is 10.6. The average Bonchev–Trinajstić information content (AvgIpc) is 2.66. The SMILES string of the molecule is COc1cccc([C@H](C)NC(=O)c2cc(OC)c(OC)c(OC)c2)c1. The molecule has 0 saturated carbocycles. The average molecular weight is 345 g/mol. The maximum absolute atomic E-state index is 12.6. The van der Waals surface area contributed by atoms with Crippen LogP contribution in [0.2, 0.25) is 0 Å². The number of carbonyl (C=O) groups excluding carboxylic acids is 1. The number of amides is 1. The Morgan fingerprint density at radius 2 is 1.56 bits per heavy atom. The fraction of sp³-hybridized carbons (Fsp3) is 0.316. The molecular formula is C19H23NO5. The van der Waals surface area contributed by atoms with E-state index in [1.807, 2.05) is 31.2 Å². The van der Waals surface area contributed by atoms with E-state index in [9.17, 15) is 4.79 Å². The van der Waals surface area contributed by atoms with Crippen LogP contribution in [0.5, 0.6) is 23.0 Å². The third-order valence-corrected chi connectivity index (χ3v) is 3.87. The van der Waals surface area contributed by atoms with Crippen LogP contribution in [0.4, 0.5) is 0 Å². The molecule has 2 aromatic carbocycles. The van der Waals surface area contributed by atoms with Gasteiger partial charge in [-0.25, -0.2) is 0 Å². The molecular weight excluding hydrogens is 322 g/mol. The minimum atomic E-state index is -0.241. The molecule has 0 aliphatic heterocycles. The number of methoxy groups -OCH3 is 4. The van der Waals surface area contributed by atoms with Crippen LogP contribution in [0, 0.1) is 0 Å². The van der Waals surface area contributed by atoms with Gasteiger partial charge in [-0.15, -0.1) is 0 Å². The summed E-state index contributed by atoms with van der Waals surface area (Å²) in [7, 11) is 6.15. The summed E-state index contributed by atoms with van der Waals surface area (Å²) in [5.74, 6) is 1.81. The summed E-state index contributed by atoms with van der Waals surface area (Å²) in [4.78, 5) is 12.6. The number of ether oxygens (including phenoxy) is 4. The number of benzene rings is 2. The third-order valence-electron chi connectivity index (χ3n) is 3.87. The molecule has 25 heavy (non-hydrogen) atoms. The maximum Gasteiger partial charge on any atom is 0.252 e. The molecule has 6 nitrogen and oxygen atoms in total. The predicted octanol–water partition coefficient (Wildman–Crippen LogP) is 3.21. The fourth-order valence-corrected chi connectivity index (χ4v) is 2.49. The summed E-state index contributed by atoms with van der Waals surface area (Å²) in [5, 5.41) is 2.96. The van der Waals surface area contributed by atoms with Crippen molar-refractivity contribution < 1.29 is 23.7 Å². The van der Waals surface area contributed by atoms with Crippen LogP contribution >= 0.6 is 0 Å². The molecule has 2 aromatic rings. The largest absolute Gasteiger partial charge is 0.497 e. The normalized spacial score (nSPS) is 11.4. The quantitative estimate of drug-likeness (QED) is 0.835. The highest BCUT2D eigenvalue weighted by atomic mass is 16.5. The van der Waals surface area contributed by atoms with Crippen LogP contribution in [0.1, 0.15) is 28.9 Å². The molecule has 0 aromatic heterocycles. The van der Waals surface area contributed by atoms with E-state index in [1.54, 1.807) is 19.2 Å². The van der Waals surface area contributed by atoms with Gasteiger partial charge in [0.1, 0.15) is 5.75 Å². The number of rotatable bonds is 7. The molecule has 0 radical (unpaired) electrons. The zero-order valence-electron chi connectivity index (χ0n) is 15.1. The van der Waals surface area contributed by atoms with Gasteiger partial charge in [0.2, 0.25) is 5.75 Å². The van der Waals surface area contributed by atoms with E-state index in [1.165, 1.54) is 21.3 Å². The summed E-state index contributed by atoms with van der Waals surface area (Å²) in [5.41, 5.74) is 1.37. The van der Waals surface area contributed by atoms with Crippen LogP contribution < -0.4 is 24.3 Å². The number of hydrogen-bond donors (Lipinski definition) is 1. The van der Waals surface area contributed by atoms with Crippen LogP contribution in [-0.2, 0) is 0 Å². The van der Waals surface area contributed by atoms with Crippen LogP contribution in [-0.4, -0.2) is 34.3 Å². The van der Waals surface area contributed by atoms with E-state index >= 15 is 0 Å². The van der Waals surface area contributed by atoms with E-state index in [0.717, 1.165) is 11.3 Å². The molecule has 0 aliphatic rings. The lowest BCUT2D eigenvalue weighted by Gasteiger charge is -2.17. The molecule has 0 fully saturated rings. The Bertz CT molecular complexity index is 719. The van der Waals surface area contributed by atoms with Crippen molar-refractivity contribution in [2.45, 2.75) is 13.0 Å². The second-order valence-corrected chi connectivity index (χ2v) is 5.39. The van der Waals surface area contributed by atoms with Gasteiger partial charge in [-0.1, -0.05) is 12.1 Å². The standard InChI is InChI=1S/C19H23NO5/c1-12(13-7-6-8-15(9-13)22-2)20-19(21)14-10-16(23-3)18(25-5)17(11-14)24-4/h6-12H,1-5H3,(H,20,21)/t12-/m0/s1. The first kappa shape index (κ1) is 18.4. The molecule has 1 amide bonds. The first-order valence-corrected chi connectivity index (χ1v) is 7.78. The summed E-state index contributed by atoms with van der Waals surface area (Å²) < 4.78 is 21.1. The van der Waals surface area contributed by atoms with Gasteiger partial charge in [-0.05, 0) is 36.8 Å². The van der Waals surface area contributed by atoms with E-state index < -0.39 is 0 Å². The van der Waals surface area contributed by atoms with Gasteiger partial charge in [-0.3, -0.25) is 4.79 Å². The lowest BCUT2D eigenvalue weighted by molar-refractivity contribution is 0.0939. The Morgan fingerprint density at radius 3 is 2.08 bits per heavy atom. The molecule has 0 heterocycles. The van der Waals surface area contributed by atoms with Crippen molar-refractivity contribution in [3.8, 4) is 23.0 Å². The van der Waals surface area contributed by atoms with Crippen molar-refractivity contribution in [1.82, 2.24) is 5.32 Å². The zero-order valence-corrected chi connectivity index (χ0v) is 15.1. The lowest BCUT2D eigenvalue weighted by atomic mass is 10.1. The number of nitrogens with one attached hydrogen (secondary N) is 1. The monoisotopic (exact) mass is 345 g/mol. The molecule has 0 unspecified atom stereocenters. The smallest absolute Gasteiger partial charge is 0.252 e. The van der Waals surface area contributed by atoms with Crippen molar-refractivity contribution in [2.24, 2.45) is 0 Å². The van der Waals surface area contributed by atoms with Gasteiger partial charge >= 0.3 is 0 Å². The third kappa shape index (κ3) is 4.15. The van der Waals surface area contributed by atoms with Gasteiger partial charge < -0.3 is 24.3 Å². The molecule has 0 saturated heterocycles. The summed E-state index contributed by atoms with van der Waals surface area (Å²) in [6.45, 7) is 1.91. The van der Waals surface area contributed by atoms with Crippen molar-refractivity contribution >= 4 is 5.91 Å². The first-order valence-electron chi connectivity index (χ1n) is 7.78. The van der Waals surface area contributed by atoms with Gasteiger partial charge in [0.15, 0.2) is 11.5 Å². The minimum absolute atomic E-state index is 0.193. The van der Waals surface area contributed by atoms with Gasteiger partial charge in [0, 0.05) is 5.56 Å². The van der Waals surface area contributed by atoms with Crippen molar-refractivity contribution in [3.05, 3.63) is 47.5 Å². The molecule has 0 spiro atoms. The Labute approximate surface area is 147 Å². The lowest BCUT2D eigenvalue weighted by Crippen LogP contribution is -2.26. The Morgan fingerprint density at radius 1 is 0.920 bits per heavy atom. The zero-order chi connectivity index (χ0) is 18.4. The number of hydrogen-bond acceptors (Lipinski definition) is 5. The minimum Gasteiger partial charge on any atom is -0.497 e. The first-order chi connectivity index (χ1) is 12.0. The van der Waals surface area contributed by atoms with Crippen LogP contribution in [0.15, 0.2) is 36.4 Å². The highest BCUT2D eigenvalue weighted by Gasteiger charge is 2.18. The second kappa shape index (κ2) is 8.28.